The highest BCUT2D eigenvalue weighted by atomic mass is 16.5. The molecule has 8 atom stereocenters. The summed E-state index contributed by atoms with van der Waals surface area (Å²) in [5.41, 5.74) is 11.0. The molecule has 0 aromatic carbocycles. The summed E-state index contributed by atoms with van der Waals surface area (Å²) in [5, 5.41) is 0. The Morgan fingerprint density at radius 2 is 1.97 bits per heavy atom. The number of carbonyl (C=O) groups excluding carboxylic acids is 1. The zero-order chi connectivity index (χ0) is 24.1. The number of nitrogens with zero attached hydrogens (tertiary/aromatic N) is 1. The van der Waals surface area contributed by atoms with Crippen molar-refractivity contribution in [2.24, 2.45) is 40.2 Å². The van der Waals surface area contributed by atoms with Crippen LogP contribution in [-0.4, -0.2) is 23.1 Å². The molecule has 0 radical (unpaired) electrons. The minimum atomic E-state index is -0.511. The third kappa shape index (κ3) is 3.77. The van der Waals surface area contributed by atoms with Crippen molar-refractivity contribution in [3.63, 3.8) is 0 Å². The molecule has 2 N–H and O–H groups in total. The molecule has 0 bridgehead atoms. The summed E-state index contributed by atoms with van der Waals surface area (Å²) in [4.78, 5) is 17.0. The number of aromatic nitrogens is 1. The van der Waals surface area contributed by atoms with Crippen LogP contribution in [-0.2, 0) is 9.53 Å². The lowest BCUT2D eigenvalue weighted by atomic mass is 9.47. The van der Waals surface area contributed by atoms with Crippen LogP contribution in [0.15, 0.2) is 42.3 Å². The molecule has 2 saturated carbocycles. The Bertz CT molecular complexity index is 985. The largest absolute Gasteiger partial charge is 0.461 e. The van der Waals surface area contributed by atoms with Gasteiger partial charge in [-0.05, 0) is 90.2 Å². The molecule has 2 unspecified atom stereocenters. The Kier molecular flexibility index (Phi) is 6.25. The standard InChI is InChI=1S/C30H42N2O2/c1-5-19(2)27(31)28(33)34-22-12-14-29(3)21(17-22)8-9-23-25-11-10-24(20-7-6-16-32-18-20)30(25,4)15-13-26(23)29/h6-8,10,16,18-19,22-23,25-27H,5,9,11-15,17,31H2,1-4H3/t19?,22-,23-,25-,26-,27?,29-,30+/m0/s1. The van der Waals surface area contributed by atoms with Crippen molar-refractivity contribution in [2.45, 2.75) is 91.2 Å². The van der Waals surface area contributed by atoms with Gasteiger partial charge in [-0.2, -0.15) is 0 Å². The van der Waals surface area contributed by atoms with E-state index in [-0.39, 0.29) is 28.8 Å². The van der Waals surface area contributed by atoms with Crippen molar-refractivity contribution in [2.75, 3.05) is 0 Å². The summed E-state index contributed by atoms with van der Waals surface area (Å²) in [6.07, 6.45) is 17.7. The first kappa shape index (κ1) is 23.8. The van der Waals surface area contributed by atoms with Crippen molar-refractivity contribution in [1.29, 1.82) is 0 Å². The Balaban J connectivity index is 1.31. The minimum Gasteiger partial charge on any atom is -0.461 e. The van der Waals surface area contributed by atoms with Crippen LogP contribution < -0.4 is 5.73 Å². The predicted octanol–water partition coefficient (Wildman–Crippen LogP) is 6.32. The number of esters is 1. The van der Waals surface area contributed by atoms with Gasteiger partial charge >= 0.3 is 5.97 Å². The van der Waals surface area contributed by atoms with Crippen LogP contribution in [0.5, 0.6) is 0 Å². The number of hydrogen-bond acceptors (Lipinski definition) is 4. The first-order chi connectivity index (χ1) is 16.3. The normalized spacial score (nSPS) is 38.5. The van der Waals surface area contributed by atoms with E-state index in [0.29, 0.717) is 5.92 Å². The van der Waals surface area contributed by atoms with Gasteiger partial charge in [-0.25, -0.2) is 0 Å². The topological polar surface area (TPSA) is 65.2 Å². The molecule has 0 spiro atoms. The molecular weight excluding hydrogens is 420 g/mol. The fourth-order valence-corrected chi connectivity index (χ4v) is 7.99. The van der Waals surface area contributed by atoms with Crippen LogP contribution in [0.3, 0.4) is 0 Å². The molecule has 5 rings (SSSR count). The molecule has 184 valence electrons. The first-order valence-electron chi connectivity index (χ1n) is 13.5. The second-order valence-electron chi connectivity index (χ2n) is 12.0. The predicted molar refractivity (Wildman–Crippen MR) is 137 cm³/mol. The van der Waals surface area contributed by atoms with Gasteiger partial charge in [0.25, 0.3) is 0 Å². The van der Waals surface area contributed by atoms with E-state index in [1.54, 1.807) is 0 Å². The third-order valence-electron chi connectivity index (χ3n) is 10.4. The van der Waals surface area contributed by atoms with Crippen LogP contribution in [0.1, 0.15) is 84.6 Å². The summed E-state index contributed by atoms with van der Waals surface area (Å²) in [6, 6.07) is 3.79. The fourth-order valence-electron chi connectivity index (χ4n) is 7.99. The minimum absolute atomic E-state index is 0.0160. The van der Waals surface area contributed by atoms with E-state index in [4.69, 9.17) is 10.5 Å². The average molecular weight is 463 g/mol. The Labute approximate surface area is 205 Å². The van der Waals surface area contributed by atoms with E-state index < -0.39 is 6.04 Å². The van der Waals surface area contributed by atoms with Crippen LogP contribution in [0, 0.1) is 34.5 Å². The third-order valence-corrected chi connectivity index (χ3v) is 10.4. The van der Waals surface area contributed by atoms with Gasteiger partial charge in [0, 0.05) is 18.8 Å². The highest BCUT2D eigenvalue weighted by Crippen LogP contribution is 2.66. The van der Waals surface area contributed by atoms with Crippen LogP contribution in [0.4, 0.5) is 0 Å². The zero-order valence-electron chi connectivity index (χ0n) is 21.4. The summed E-state index contributed by atoms with van der Waals surface area (Å²) < 4.78 is 5.94. The lowest BCUT2D eigenvalue weighted by Crippen LogP contribution is -2.50. The molecule has 2 fully saturated rings. The number of hydrogen-bond donors (Lipinski definition) is 1. The molecule has 4 nitrogen and oxygen atoms in total. The monoisotopic (exact) mass is 462 g/mol. The molecule has 1 aromatic heterocycles. The number of ether oxygens (including phenoxy) is 1. The highest BCUT2D eigenvalue weighted by Gasteiger charge is 2.57. The number of nitrogens with two attached hydrogens (primary N) is 1. The summed E-state index contributed by atoms with van der Waals surface area (Å²) in [5.74, 6) is 2.11. The molecule has 0 aliphatic heterocycles. The summed E-state index contributed by atoms with van der Waals surface area (Å²) in [7, 11) is 0. The van der Waals surface area contributed by atoms with Gasteiger partial charge in [-0.1, -0.05) is 57.9 Å². The number of carbonyl (C=O) groups is 1. The SMILES string of the molecule is CCC(C)C(N)C(=O)O[C@H]1CC[C@@]2(C)C(=CC[C@@H]3[C@@H]2CC[C@]2(C)C(c4cccnc4)=CC[C@@H]32)C1. The molecule has 0 amide bonds. The smallest absolute Gasteiger partial charge is 0.323 e. The maximum Gasteiger partial charge on any atom is 0.323 e. The van der Waals surface area contributed by atoms with Crippen LogP contribution >= 0.6 is 0 Å². The molecule has 1 heterocycles. The molecule has 1 aromatic rings. The molecule has 0 saturated heterocycles. The molecule has 4 aliphatic rings. The van der Waals surface area contributed by atoms with Gasteiger partial charge in [0.05, 0.1) is 0 Å². The quantitative estimate of drug-likeness (QED) is 0.410. The van der Waals surface area contributed by atoms with E-state index in [9.17, 15) is 4.79 Å². The lowest BCUT2D eigenvalue weighted by molar-refractivity contribution is -0.154. The van der Waals surface area contributed by atoms with Gasteiger partial charge < -0.3 is 10.5 Å². The molecule has 4 heteroatoms. The average Bonchev–Trinajstić information content (AvgIpc) is 3.21. The van der Waals surface area contributed by atoms with Crippen molar-refractivity contribution in [1.82, 2.24) is 4.98 Å². The van der Waals surface area contributed by atoms with Crippen LogP contribution in [0.25, 0.3) is 5.57 Å². The van der Waals surface area contributed by atoms with E-state index in [1.165, 1.54) is 36.0 Å². The van der Waals surface area contributed by atoms with Gasteiger partial charge in [0.2, 0.25) is 0 Å². The second-order valence-corrected chi connectivity index (χ2v) is 12.0. The Hall–Kier alpha value is -1.94. The van der Waals surface area contributed by atoms with Crippen molar-refractivity contribution >= 4 is 11.5 Å². The maximum atomic E-state index is 12.6. The van der Waals surface area contributed by atoms with E-state index >= 15 is 0 Å². The van der Waals surface area contributed by atoms with Gasteiger partial charge in [0.1, 0.15) is 12.1 Å². The van der Waals surface area contributed by atoms with E-state index in [2.05, 4.69) is 50.0 Å². The summed E-state index contributed by atoms with van der Waals surface area (Å²) >= 11 is 0. The lowest BCUT2D eigenvalue weighted by Gasteiger charge is -2.57. The van der Waals surface area contributed by atoms with E-state index in [0.717, 1.165) is 43.9 Å². The molecule has 4 aliphatic carbocycles. The molecule has 34 heavy (non-hydrogen) atoms. The molecular formula is C30H42N2O2. The van der Waals surface area contributed by atoms with Gasteiger partial charge in [0.15, 0.2) is 0 Å². The van der Waals surface area contributed by atoms with Crippen molar-refractivity contribution < 1.29 is 9.53 Å². The highest BCUT2D eigenvalue weighted by molar-refractivity contribution is 5.76. The summed E-state index contributed by atoms with van der Waals surface area (Å²) in [6.45, 7) is 9.12. The van der Waals surface area contributed by atoms with Crippen LogP contribution in [0.2, 0.25) is 0 Å². The number of pyridine rings is 1. The number of fused-ring (bicyclic) bond motifs is 5. The maximum absolute atomic E-state index is 12.6. The number of allylic oxidation sites excluding steroid dienone is 3. The number of rotatable bonds is 5. The van der Waals surface area contributed by atoms with Gasteiger partial charge in [-0.3, -0.25) is 9.78 Å². The van der Waals surface area contributed by atoms with Crippen molar-refractivity contribution in [3.05, 3.63) is 47.8 Å². The van der Waals surface area contributed by atoms with Crippen molar-refractivity contribution in [3.8, 4) is 0 Å². The zero-order valence-corrected chi connectivity index (χ0v) is 21.4. The Morgan fingerprint density at radius 3 is 2.71 bits per heavy atom. The fraction of sp³-hybridized carbons (Fsp3) is 0.667. The first-order valence-corrected chi connectivity index (χ1v) is 13.5. The Morgan fingerprint density at radius 1 is 1.18 bits per heavy atom. The van der Waals surface area contributed by atoms with Gasteiger partial charge in [-0.15, -0.1) is 0 Å². The van der Waals surface area contributed by atoms with E-state index in [1.807, 2.05) is 19.3 Å². The second kappa shape index (κ2) is 8.93.